The number of nitrogens with zero attached hydrogens (tertiary/aromatic N) is 4. The number of hydrogen-bond acceptors (Lipinski definition) is 5. The van der Waals surface area contributed by atoms with Crippen molar-refractivity contribution in [1.29, 1.82) is 5.26 Å². The first kappa shape index (κ1) is 17.4. The van der Waals surface area contributed by atoms with Gasteiger partial charge in [-0.2, -0.15) is 5.26 Å². The standard InChI is InChI=1S/C20H18N4O2/c1-12(2)24-19(25)16(11-21)13(3)18(20(24)26)23-22-17-10-6-8-14-7-4-5-9-15(14)17/h4-10,12,25H,1-3H3. The Balaban J connectivity index is 2.22. The SMILES string of the molecule is Cc1c(C#N)c(O)n(C(C)C)c(=O)c1N=Nc1cccc2ccccc12. The number of azo groups is 1. The molecule has 6 heteroatoms. The Kier molecular flexibility index (Phi) is 4.55. The van der Waals surface area contributed by atoms with Crippen LogP contribution in [0.15, 0.2) is 57.5 Å². The van der Waals surface area contributed by atoms with E-state index in [1.165, 1.54) is 0 Å². The number of benzene rings is 2. The fourth-order valence-corrected chi connectivity index (χ4v) is 2.91. The molecule has 0 fully saturated rings. The minimum Gasteiger partial charge on any atom is -0.493 e. The van der Waals surface area contributed by atoms with Gasteiger partial charge in [-0.25, -0.2) is 0 Å². The third-order valence-corrected chi connectivity index (χ3v) is 4.26. The Bertz CT molecular complexity index is 1120. The Hall–Kier alpha value is -3.46. The van der Waals surface area contributed by atoms with Crippen LogP contribution in [0, 0.1) is 18.3 Å². The van der Waals surface area contributed by atoms with E-state index in [0.29, 0.717) is 11.3 Å². The quantitative estimate of drug-likeness (QED) is 0.685. The van der Waals surface area contributed by atoms with E-state index < -0.39 is 5.56 Å². The summed E-state index contributed by atoms with van der Waals surface area (Å²) in [5.74, 6) is -0.339. The van der Waals surface area contributed by atoms with Crippen LogP contribution in [0.25, 0.3) is 10.8 Å². The van der Waals surface area contributed by atoms with E-state index in [0.717, 1.165) is 15.3 Å². The van der Waals surface area contributed by atoms with E-state index in [1.807, 2.05) is 48.5 Å². The van der Waals surface area contributed by atoms with Gasteiger partial charge >= 0.3 is 0 Å². The van der Waals surface area contributed by atoms with Gasteiger partial charge in [-0.05, 0) is 32.2 Å². The molecule has 3 rings (SSSR count). The van der Waals surface area contributed by atoms with Gasteiger partial charge in [0.05, 0.1) is 5.69 Å². The van der Waals surface area contributed by atoms with Crippen molar-refractivity contribution in [2.24, 2.45) is 10.2 Å². The van der Waals surface area contributed by atoms with Gasteiger partial charge in [0.15, 0.2) is 5.69 Å². The molecule has 0 aliphatic rings. The van der Waals surface area contributed by atoms with Crippen LogP contribution in [0.1, 0.15) is 31.0 Å². The van der Waals surface area contributed by atoms with Crippen molar-refractivity contribution in [2.45, 2.75) is 26.8 Å². The number of rotatable bonds is 3. The van der Waals surface area contributed by atoms with Gasteiger partial charge in [-0.1, -0.05) is 36.4 Å². The molecule has 0 aliphatic heterocycles. The number of aromatic hydroxyl groups is 1. The van der Waals surface area contributed by atoms with Crippen LogP contribution in [0.2, 0.25) is 0 Å². The van der Waals surface area contributed by atoms with Crippen LogP contribution in [0.4, 0.5) is 11.4 Å². The lowest BCUT2D eigenvalue weighted by atomic mass is 10.1. The molecule has 3 aromatic rings. The van der Waals surface area contributed by atoms with Crippen molar-refractivity contribution in [3.05, 3.63) is 63.9 Å². The van der Waals surface area contributed by atoms with Crippen LogP contribution in [0.5, 0.6) is 5.88 Å². The number of aromatic nitrogens is 1. The van der Waals surface area contributed by atoms with E-state index in [1.54, 1.807) is 20.8 Å². The molecule has 130 valence electrons. The summed E-state index contributed by atoms with van der Waals surface area (Å²) < 4.78 is 1.16. The lowest BCUT2D eigenvalue weighted by Crippen LogP contribution is -2.23. The minimum atomic E-state index is -0.474. The van der Waals surface area contributed by atoms with Crippen molar-refractivity contribution in [1.82, 2.24) is 4.57 Å². The number of nitriles is 1. The summed E-state index contributed by atoms with van der Waals surface area (Å²) in [5.41, 5.74) is 0.560. The lowest BCUT2D eigenvalue weighted by Gasteiger charge is -2.15. The van der Waals surface area contributed by atoms with Crippen molar-refractivity contribution in [3.63, 3.8) is 0 Å². The Morgan fingerprint density at radius 2 is 1.81 bits per heavy atom. The molecule has 0 spiro atoms. The molecule has 0 amide bonds. The Morgan fingerprint density at radius 1 is 1.12 bits per heavy atom. The normalized spacial score (nSPS) is 11.3. The molecule has 0 bridgehead atoms. The second kappa shape index (κ2) is 6.81. The van der Waals surface area contributed by atoms with E-state index >= 15 is 0 Å². The monoisotopic (exact) mass is 346 g/mol. The maximum atomic E-state index is 12.7. The third-order valence-electron chi connectivity index (χ3n) is 4.26. The molecule has 1 heterocycles. The zero-order valence-electron chi connectivity index (χ0n) is 14.8. The minimum absolute atomic E-state index is 0.0326. The highest BCUT2D eigenvalue weighted by Gasteiger charge is 2.20. The van der Waals surface area contributed by atoms with Crippen LogP contribution >= 0.6 is 0 Å². The molecule has 0 radical (unpaired) electrons. The Morgan fingerprint density at radius 3 is 2.50 bits per heavy atom. The fraction of sp³-hybridized carbons (Fsp3) is 0.200. The zero-order valence-corrected chi connectivity index (χ0v) is 14.8. The molecule has 0 saturated heterocycles. The Labute approximate surface area is 150 Å². The van der Waals surface area contributed by atoms with Gasteiger partial charge in [0.2, 0.25) is 5.88 Å². The van der Waals surface area contributed by atoms with E-state index in [2.05, 4.69) is 10.2 Å². The molecule has 6 nitrogen and oxygen atoms in total. The van der Waals surface area contributed by atoms with E-state index in [4.69, 9.17) is 0 Å². The molecule has 0 aliphatic carbocycles. The molecular formula is C20H18N4O2. The average molecular weight is 346 g/mol. The molecule has 1 aromatic heterocycles. The van der Waals surface area contributed by atoms with Gasteiger partial charge in [0, 0.05) is 17.0 Å². The number of pyridine rings is 1. The van der Waals surface area contributed by atoms with Crippen molar-refractivity contribution in [3.8, 4) is 11.9 Å². The fourth-order valence-electron chi connectivity index (χ4n) is 2.91. The van der Waals surface area contributed by atoms with Crippen LogP contribution < -0.4 is 5.56 Å². The summed E-state index contributed by atoms with van der Waals surface area (Å²) in [5, 5.41) is 29.9. The zero-order chi connectivity index (χ0) is 18.8. The van der Waals surface area contributed by atoms with Crippen LogP contribution in [-0.2, 0) is 0 Å². The first-order valence-electron chi connectivity index (χ1n) is 8.23. The topological polar surface area (TPSA) is 90.7 Å². The van der Waals surface area contributed by atoms with Crippen molar-refractivity contribution >= 4 is 22.1 Å². The van der Waals surface area contributed by atoms with Crippen LogP contribution in [0.3, 0.4) is 0 Å². The van der Waals surface area contributed by atoms with Gasteiger partial charge < -0.3 is 5.11 Å². The van der Waals surface area contributed by atoms with Crippen molar-refractivity contribution < 1.29 is 5.11 Å². The van der Waals surface area contributed by atoms with Gasteiger partial charge in [0.25, 0.3) is 5.56 Å². The molecular weight excluding hydrogens is 328 g/mol. The summed E-state index contributed by atoms with van der Waals surface area (Å²) in [7, 11) is 0. The average Bonchev–Trinajstić information content (AvgIpc) is 2.61. The maximum absolute atomic E-state index is 12.7. The van der Waals surface area contributed by atoms with Crippen LogP contribution in [-0.4, -0.2) is 9.67 Å². The summed E-state index contributed by atoms with van der Waals surface area (Å²) in [6.45, 7) is 5.09. The van der Waals surface area contributed by atoms with Gasteiger partial charge in [0.1, 0.15) is 11.6 Å². The molecule has 1 N–H and O–H groups in total. The van der Waals surface area contributed by atoms with E-state index in [-0.39, 0.29) is 23.2 Å². The predicted octanol–water partition coefficient (Wildman–Crippen LogP) is 4.88. The second-order valence-corrected chi connectivity index (χ2v) is 6.25. The summed E-state index contributed by atoms with van der Waals surface area (Å²) in [4.78, 5) is 12.7. The van der Waals surface area contributed by atoms with Crippen molar-refractivity contribution in [2.75, 3.05) is 0 Å². The first-order valence-corrected chi connectivity index (χ1v) is 8.23. The highest BCUT2D eigenvalue weighted by Crippen LogP contribution is 2.30. The maximum Gasteiger partial charge on any atom is 0.281 e. The summed E-state index contributed by atoms with van der Waals surface area (Å²) in [6.07, 6.45) is 0. The largest absolute Gasteiger partial charge is 0.493 e. The number of fused-ring (bicyclic) bond motifs is 1. The molecule has 2 aromatic carbocycles. The number of hydrogen-bond donors (Lipinski definition) is 1. The predicted molar refractivity (Wildman–Crippen MR) is 100 cm³/mol. The van der Waals surface area contributed by atoms with Gasteiger partial charge in [-0.3, -0.25) is 9.36 Å². The highest BCUT2D eigenvalue weighted by molar-refractivity contribution is 5.92. The molecule has 0 unspecified atom stereocenters. The molecule has 0 saturated carbocycles. The molecule has 0 atom stereocenters. The molecule has 26 heavy (non-hydrogen) atoms. The first-order chi connectivity index (χ1) is 12.5. The summed E-state index contributed by atoms with van der Waals surface area (Å²) in [6, 6.07) is 15.0. The third kappa shape index (κ3) is 2.84. The van der Waals surface area contributed by atoms with E-state index in [9.17, 15) is 15.2 Å². The summed E-state index contributed by atoms with van der Waals surface area (Å²) >= 11 is 0. The second-order valence-electron chi connectivity index (χ2n) is 6.25. The smallest absolute Gasteiger partial charge is 0.281 e. The lowest BCUT2D eigenvalue weighted by molar-refractivity contribution is 0.386. The highest BCUT2D eigenvalue weighted by atomic mass is 16.3. The van der Waals surface area contributed by atoms with Gasteiger partial charge in [-0.15, -0.1) is 10.2 Å².